The summed E-state index contributed by atoms with van der Waals surface area (Å²) in [5.74, 6) is -1.23. The van der Waals surface area contributed by atoms with E-state index in [1.807, 2.05) is 11.0 Å². The normalized spacial score (nSPS) is 25.1. The number of alkyl halides is 3. The van der Waals surface area contributed by atoms with Crippen LogP contribution in [0.5, 0.6) is 0 Å². The molecule has 2 aromatic rings. The molecule has 1 amide bonds. The fourth-order valence-electron chi connectivity index (χ4n) is 5.27. The van der Waals surface area contributed by atoms with Crippen molar-refractivity contribution in [1.82, 2.24) is 14.8 Å². The van der Waals surface area contributed by atoms with Gasteiger partial charge in [0.05, 0.1) is 17.5 Å². The number of amides is 1. The Kier molecular flexibility index (Phi) is 6.29. The van der Waals surface area contributed by atoms with E-state index >= 15 is 0 Å². The van der Waals surface area contributed by atoms with Gasteiger partial charge in [0.1, 0.15) is 30.2 Å². The minimum atomic E-state index is -4.44. The van der Waals surface area contributed by atoms with E-state index < -0.39 is 35.9 Å². The van der Waals surface area contributed by atoms with Crippen molar-refractivity contribution in [3.8, 4) is 0 Å². The average molecular weight is 513 g/mol. The number of nitrogens with one attached hydrogen (secondary N) is 3. The molecule has 0 saturated carbocycles. The summed E-state index contributed by atoms with van der Waals surface area (Å²) in [5, 5.41) is 6.24. The second-order valence-electron chi connectivity index (χ2n) is 9.06. The van der Waals surface area contributed by atoms with Crippen molar-refractivity contribution in [1.29, 1.82) is 0 Å². The zero-order chi connectivity index (χ0) is 24.7. The van der Waals surface area contributed by atoms with Crippen LogP contribution in [0, 0.1) is 11.7 Å². The first kappa shape index (κ1) is 23.8. The topological polar surface area (TPSA) is 75.8 Å². The maximum Gasteiger partial charge on any atom is 0.393 e. The standard InChI is InChI=1S/C23H25ClF4N6O/c24-13-8-14(25)10-15(9-13)32-18-2-1-6-34(22(18)35)19-11-33(7-4-17(19)23(26,27)28)21-16-3-5-29-20(16)30-12-31-21/h3,5,8-10,17-19,29-30,32H,1-2,4,6-7,11-12H2/t17-,18?,19-/m0/s1. The minimum absolute atomic E-state index is 0.0257. The third-order valence-electron chi connectivity index (χ3n) is 6.85. The molecule has 1 unspecified atom stereocenters. The summed E-state index contributed by atoms with van der Waals surface area (Å²) in [6.45, 7) is 0.764. The molecule has 3 aliphatic heterocycles. The molecule has 188 valence electrons. The fourth-order valence-corrected chi connectivity index (χ4v) is 5.50. The fraction of sp³-hybridized carbons (Fsp3) is 0.478. The highest BCUT2D eigenvalue weighted by molar-refractivity contribution is 6.30. The number of aromatic amines is 1. The first-order valence-corrected chi connectivity index (χ1v) is 11.9. The lowest BCUT2D eigenvalue weighted by molar-refractivity contribution is -0.203. The Morgan fingerprint density at radius 3 is 2.77 bits per heavy atom. The summed E-state index contributed by atoms with van der Waals surface area (Å²) >= 11 is 5.92. The molecule has 12 heteroatoms. The van der Waals surface area contributed by atoms with E-state index in [1.165, 1.54) is 17.0 Å². The Morgan fingerprint density at radius 1 is 1.17 bits per heavy atom. The lowest BCUT2D eigenvalue weighted by atomic mass is 9.87. The van der Waals surface area contributed by atoms with Crippen LogP contribution in [-0.2, 0) is 4.79 Å². The van der Waals surface area contributed by atoms with E-state index in [4.69, 9.17) is 11.6 Å². The molecule has 4 heterocycles. The van der Waals surface area contributed by atoms with Gasteiger partial charge in [0.15, 0.2) is 0 Å². The highest BCUT2D eigenvalue weighted by atomic mass is 35.5. The smallest absolute Gasteiger partial charge is 0.374 e. The van der Waals surface area contributed by atoms with Gasteiger partial charge < -0.3 is 25.4 Å². The second kappa shape index (κ2) is 9.25. The number of carbonyl (C=O) groups excluding carboxylic acids is 1. The molecule has 5 rings (SSSR count). The number of aliphatic imine (C=N–C) groups is 1. The Labute approximate surface area is 204 Å². The van der Waals surface area contributed by atoms with Crippen LogP contribution in [-0.4, -0.2) is 71.1 Å². The molecule has 2 saturated heterocycles. The quantitative estimate of drug-likeness (QED) is 0.536. The van der Waals surface area contributed by atoms with Crippen molar-refractivity contribution < 1.29 is 22.4 Å². The number of fused-ring (bicyclic) bond motifs is 1. The number of benzene rings is 1. The van der Waals surface area contributed by atoms with Gasteiger partial charge in [-0.15, -0.1) is 0 Å². The van der Waals surface area contributed by atoms with Crippen LogP contribution in [0.3, 0.4) is 0 Å². The summed E-state index contributed by atoms with van der Waals surface area (Å²) in [7, 11) is 0. The number of likely N-dealkylation sites (tertiary alicyclic amines) is 2. The lowest BCUT2D eigenvalue weighted by Crippen LogP contribution is -2.62. The predicted octanol–water partition coefficient (Wildman–Crippen LogP) is 4.29. The summed E-state index contributed by atoms with van der Waals surface area (Å²) in [4.78, 5) is 24.2. The third kappa shape index (κ3) is 4.78. The number of hydrogen-bond donors (Lipinski definition) is 3. The molecule has 3 N–H and O–H groups in total. The van der Waals surface area contributed by atoms with Crippen LogP contribution in [0.15, 0.2) is 35.5 Å². The van der Waals surface area contributed by atoms with Crippen LogP contribution in [0.4, 0.5) is 29.1 Å². The zero-order valence-corrected chi connectivity index (χ0v) is 19.5. The lowest BCUT2D eigenvalue weighted by Gasteiger charge is -2.48. The first-order valence-electron chi connectivity index (χ1n) is 11.5. The number of anilines is 2. The molecule has 35 heavy (non-hydrogen) atoms. The molecule has 1 aromatic carbocycles. The molecule has 1 aromatic heterocycles. The molecule has 7 nitrogen and oxygen atoms in total. The van der Waals surface area contributed by atoms with E-state index in [0.29, 0.717) is 31.0 Å². The van der Waals surface area contributed by atoms with Crippen LogP contribution < -0.4 is 10.6 Å². The zero-order valence-electron chi connectivity index (χ0n) is 18.7. The van der Waals surface area contributed by atoms with Crippen molar-refractivity contribution in [2.45, 2.75) is 37.5 Å². The van der Waals surface area contributed by atoms with Gasteiger partial charge in [-0.05, 0) is 43.5 Å². The van der Waals surface area contributed by atoms with Crippen molar-refractivity contribution in [2.24, 2.45) is 10.9 Å². The van der Waals surface area contributed by atoms with Crippen LogP contribution in [0.1, 0.15) is 24.8 Å². The van der Waals surface area contributed by atoms with Gasteiger partial charge in [-0.3, -0.25) is 4.79 Å². The Hall–Kier alpha value is -2.95. The molecule has 0 spiro atoms. The van der Waals surface area contributed by atoms with Crippen LogP contribution in [0.25, 0.3) is 0 Å². The maximum absolute atomic E-state index is 14.1. The van der Waals surface area contributed by atoms with Gasteiger partial charge in [0.25, 0.3) is 0 Å². The maximum atomic E-state index is 14.1. The molecule has 0 bridgehead atoms. The van der Waals surface area contributed by atoms with Crippen molar-refractivity contribution in [2.75, 3.05) is 36.9 Å². The average Bonchev–Trinajstić information content (AvgIpc) is 3.28. The van der Waals surface area contributed by atoms with Crippen molar-refractivity contribution in [3.05, 3.63) is 46.9 Å². The van der Waals surface area contributed by atoms with Gasteiger partial charge in [-0.25, -0.2) is 9.38 Å². The first-order chi connectivity index (χ1) is 16.7. The number of H-pyrrole nitrogens is 1. The van der Waals surface area contributed by atoms with E-state index in [2.05, 4.69) is 20.6 Å². The molecular formula is C23H25ClF4N6O. The van der Waals surface area contributed by atoms with Gasteiger partial charge in [-0.1, -0.05) is 11.6 Å². The Bertz CT molecular complexity index is 1120. The SMILES string of the molecule is O=C1C(Nc2cc(F)cc(Cl)c2)CCCN1[C@H]1CN(C2=NCNc3[nH]ccc32)CC[C@@H]1C(F)(F)F. The van der Waals surface area contributed by atoms with Crippen LogP contribution >= 0.6 is 11.6 Å². The highest BCUT2D eigenvalue weighted by Gasteiger charge is 2.51. The number of halogens is 5. The second-order valence-corrected chi connectivity index (χ2v) is 9.50. The number of amidine groups is 1. The van der Waals surface area contributed by atoms with Crippen molar-refractivity contribution in [3.63, 3.8) is 0 Å². The number of piperidine rings is 2. The molecule has 3 aliphatic rings. The summed E-state index contributed by atoms with van der Waals surface area (Å²) in [6.07, 6.45) is -1.87. The molecule has 0 radical (unpaired) electrons. The largest absolute Gasteiger partial charge is 0.393 e. The molecule has 0 aliphatic carbocycles. The molecular weight excluding hydrogens is 488 g/mol. The molecule has 3 atom stereocenters. The van der Waals surface area contributed by atoms with Crippen LogP contribution in [0.2, 0.25) is 5.02 Å². The van der Waals surface area contributed by atoms with Gasteiger partial charge in [0, 0.05) is 36.5 Å². The summed E-state index contributed by atoms with van der Waals surface area (Å²) in [5.41, 5.74) is 1.12. The number of nitrogens with zero attached hydrogens (tertiary/aromatic N) is 3. The van der Waals surface area contributed by atoms with E-state index in [0.717, 1.165) is 17.4 Å². The van der Waals surface area contributed by atoms with Gasteiger partial charge >= 0.3 is 6.18 Å². The summed E-state index contributed by atoms with van der Waals surface area (Å²) < 4.78 is 56.0. The number of rotatable bonds is 3. The number of hydrogen-bond acceptors (Lipinski definition) is 5. The van der Waals surface area contributed by atoms with Gasteiger partial charge in [-0.2, -0.15) is 13.2 Å². The Balaban J connectivity index is 1.39. The third-order valence-corrected chi connectivity index (χ3v) is 7.07. The van der Waals surface area contributed by atoms with E-state index in [1.54, 1.807) is 6.20 Å². The van der Waals surface area contributed by atoms with Crippen molar-refractivity contribution >= 4 is 34.8 Å². The highest BCUT2D eigenvalue weighted by Crippen LogP contribution is 2.39. The van der Waals surface area contributed by atoms with E-state index in [-0.39, 0.29) is 31.1 Å². The molecule has 2 fully saturated rings. The Morgan fingerprint density at radius 2 is 2.00 bits per heavy atom. The number of carbonyl (C=O) groups is 1. The predicted molar refractivity (Wildman–Crippen MR) is 125 cm³/mol. The number of aromatic nitrogens is 1. The monoisotopic (exact) mass is 512 g/mol. The summed E-state index contributed by atoms with van der Waals surface area (Å²) in [6, 6.07) is 3.85. The minimum Gasteiger partial charge on any atom is -0.374 e. The van der Waals surface area contributed by atoms with E-state index in [9.17, 15) is 22.4 Å². The van der Waals surface area contributed by atoms with Gasteiger partial charge in [0.2, 0.25) is 5.91 Å².